The summed E-state index contributed by atoms with van der Waals surface area (Å²) in [7, 11) is -3.65. The summed E-state index contributed by atoms with van der Waals surface area (Å²) in [5, 5.41) is 5.20. The Labute approximate surface area is 157 Å². The van der Waals surface area contributed by atoms with Crippen molar-refractivity contribution in [3.05, 3.63) is 59.9 Å². The van der Waals surface area contributed by atoms with Gasteiger partial charge in [-0.1, -0.05) is 12.1 Å². The van der Waals surface area contributed by atoms with Crippen molar-refractivity contribution in [2.75, 3.05) is 23.4 Å². The Morgan fingerprint density at radius 1 is 0.963 bits per heavy atom. The third-order valence-corrected chi connectivity index (χ3v) is 4.75. The maximum atomic E-state index is 13.0. The fourth-order valence-electron chi connectivity index (χ4n) is 2.28. The number of anilines is 2. The molecule has 2 aromatic carbocycles. The molecule has 2 N–H and O–H groups in total. The average molecular weight is 393 g/mol. The van der Waals surface area contributed by atoms with E-state index in [1.54, 1.807) is 24.3 Å². The molecule has 0 aliphatic heterocycles. The van der Waals surface area contributed by atoms with Crippen LogP contribution in [0.3, 0.4) is 0 Å². The van der Waals surface area contributed by atoms with Gasteiger partial charge in [-0.3, -0.25) is 9.59 Å². The normalized spacial score (nSPS) is 11.3. The number of nitrogens with zero attached hydrogens (tertiary/aromatic N) is 1. The molecule has 0 bridgehead atoms. The summed E-state index contributed by atoms with van der Waals surface area (Å²) in [5.41, 5.74) is 1.60. The molecule has 0 heterocycles. The lowest BCUT2D eigenvalue weighted by atomic mass is 10.2. The highest BCUT2D eigenvalue weighted by Crippen LogP contribution is 2.14. The van der Waals surface area contributed by atoms with Gasteiger partial charge in [-0.2, -0.15) is 4.31 Å². The van der Waals surface area contributed by atoms with Crippen LogP contribution in [0.1, 0.15) is 12.5 Å². The number of amides is 2. The van der Waals surface area contributed by atoms with E-state index in [0.29, 0.717) is 16.9 Å². The van der Waals surface area contributed by atoms with E-state index in [1.165, 1.54) is 31.2 Å². The Kier molecular flexibility index (Phi) is 6.65. The number of rotatable bonds is 7. The molecular weight excluding hydrogens is 373 g/mol. The minimum atomic E-state index is -3.65. The predicted octanol–water partition coefficient (Wildman–Crippen LogP) is 2.18. The molecule has 0 saturated heterocycles. The van der Waals surface area contributed by atoms with Gasteiger partial charge < -0.3 is 10.6 Å². The van der Waals surface area contributed by atoms with Crippen molar-refractivity contribution in [1.29, 1.82) is 0 Å². The molecule has 27 heavy (non-hydrogen) atoms. The van der Waals surface area contributed by atoms with Crippen LogP contribution < -0.4 is 10.6 Å². The number of sulfonamides is 1. The molecule has 0 aromatic heterocycles. The number of hydrogen-bond donors (Lipinski definition) is 2. The molecule has 0 aliphatic rings. The topological polar surface area (TPSA) is 95.6 Å². The summed E-state index contributed by atoms with van der Waals surface area (Å²) in [4.78, 5) is 23.2. The highest BCUT2D eigenvalue weighted by molar-refractivity contribution is 7.88. The van der Waals surface area contributed by atoms with Crippen molar-refractivity contribution in [3.63, 3.8) is 0 Å². The molecule has 0 radical (unpaired) electrons. The minimum Gasteiger partial charge on any atom is -0.326 e. The molecule has 0 fully saturated rings. The van der Waals surface area contributed by atoms with Gasteiger partial charge in [0.1, 0.15) is 5.82 Å². The molecular formula is C18H20FN3O4S. The quantitative estimate of drug-likeness (QED) is 0.754. The summed E-state index contributed by atoms with van der Waals surface area (Å²) in [6.07, 6.45) is 1.01. The lowest BCUT2D eigenvalue weighted by molar-refractivity contribution is -0.116. The van der Waals surface area contributed by atoms with Crippen LogP contribution in [0.25, 0.3) is 0 Å². The smallest absolute Gasteiger partial charge is 0.239 e. The second-order valence-electron chi connectivity index (χ2n) is 5.96. The first-order valence-electron chi connectivity index (χ1n) is 8.00. The number of carbonyl (C=O) groups is 2. The van der Waals surface area contributed by atoms with Gasteiger partial charge in [0.2, 0.25) is 21.8 Å². The molecule has 0 saturated carbocycles. The Bertz CT molecular complexity index is 913. The van der Waals surface area contributed by atoms with Crippen LogP contribution in [-0.2, 0) is 26.2 Å². The zero-order valence-corrected chi connectivity index (χ0v) is 15.7. The van der Waals surface area contributed by atoms with Gasteiger partial charge in [0, 0.05) is 24.8 Å². The second kappa shape index (κ2) is 8.74. The summed E-state index contributed by atoms with van der Waals surface area (Å²) in [6, 6.07) is 11.8. The summed E-state index contributed by atoms with van der Waals surface area (Å²) in [5.74, 6) is -1.16. The number of nitrogens with one attached hydrogen (secondary N) is 2. The van der Waals surface area contributed by atoms with E-state index in [0.717, 1.165) is 10.6 Å². The minimum absolute atomic E-state index is 0.0476. The van der Waals surface area contributed by atoms with E-state index >= 15 is 0 Å². The summed E-state index contributed by atoms with van der Waals surface area (Å²) in [6.45, 7) is 0.953. The van der Waals surface area contributed by atoms with Crippen LogP contribution in [0.15, 0.2) is 48.5 Å². The van der Waals surface area contributed by atoms with Crippen molar-refractivity contribution >= 4 is 33.2 Å². The highest BCUT2D eigenvalue weighted by Gasteiger charge is 2.20. The standard InChI is InChI=1S/C18H20FN3O4S/c1-13(23)20-16-7-9-17(10-8-16)21-18(24)12-22(27(2,25)26)11-14-3-5-15(19)6-4-14/h3-10H,11-12H2,1-2H3,(H,20,23)(H,21,24). The van der Waals surface area contributed by atoms with Crippen molar-refractivity contribution < 1.29 is 22.4 Å². The Balaban J connectivity index is 2.03. The number of carbonyl (C=O) groups excluding carboxylic acids is 2. The van der Waals surface area contributed by atoms with Crippen molar-refractivity contribution in [2.24, 2.45) is 0 Å². The van der Waals surface area contributed by atoms with Gasteiger partial charge in [0.25, 0.3) is 0 Å². The van der Waals surface area contributed by atoms with Crippen molar-refractivity contribution in [2.45, 2.75) is 13.5 Å². The maximum Gasteiger partial charge on any atom is 0.239 e. The SMILES string of the molecule is CC(=O)Nc1ccc(NC(=O)CN(Cc2ccc(F)cc2)S(C)(=O)=O)cc1. The third-order valence-electron chi connectivity index (χ3n) is 3.55. The first-order chi connectivity index (χ1) is 12.6. The first kappa shape index (κ1) is 20.5. The fraction of sp³-hybridized carbons (Fsp3) is 0.222. The van der Waals surface area contributed by atoms with E-state index in [2.05, 4.69) is 10.6 Å². The van der Waals surface area contributed by atoms with Gasteiger partial charge >= 0.3 is 0 Å². The van der Waals surface area contributed by atoms with Crippen LogP contribution in [0.5, 0.6) is 0 Å². The molecule has 2 aromatic rings. The van der Waals surface area contributed by atoms with Crippen LogP contribution in [0.2, 0.25) is 0 Å². The third kappa shape index (κ3) is 6.80. The highest BCUT2D eigenvalue weighted by atomic mass is 32.2. The lowest BCUT2D eigenvalue weighted by Crippen LogP contribution is -2.36. The number of hydrogen-bond acceptors (Lipinski definition) is 4. The molecule has 0 spiro atoms. The molecule has 144 valence electrons. The van der Waals surface area contributed by atoms with Crippen molar-refractivity contribution in [3.8, 4) is 0 Å². The Morgan fingerprint density at radius 2 is 1.48 bits per heavy atom. The monoisotopic (exact) mass is 393 g/mol. The summed E-state index contributed by atoms with van der Waals surface area (Å²) >= 11 is 0. The van der Waals surface area contributed by atoms with Crippen molar-refractivity contribution in [1.82, 2.24) is 4.31 Å². The second-order valence-corrected chi connectivity index (χ2v) is 7.95. The zero-order chi connectivity index (χ0) is 20.0. The van der Waals surface area contributed by atoms with Gasteiger partial charge in [-0.15, -0.1) is 0 Å². The lowest BCUT2D eigenvalue weighted by Gasteiger charge is -2.19. The van der Waals surface area contributed by atoms with Crippen LogP contribution in [0, 0.1) is 5.82 Å². The summed E-state index contributed by atoms with van der Waals surface area (Å²) < 4.78 is 37.9. The first-order valence-corrected chi connectivity index (χ1v) is 9.85. The van der Waals surface area contributed by atoms with E-state index in [4.69, 9.17) is 0 Å². The van der Waals surface area contributed by atoms with E-state index in [-0.39, 0.29) is 19.0 Å². The maximum absolute atomic E-state index is 13.0. The van der Waals surface area contributed by atoms with Crippen LogP contribution in [-0.4, -0.2) is 37.3 Å². The van der Waals surface area contributed by atoms with Crippen LogP contribution >= 0.6 is 0 Å². The average Bonchev–Trinajstić information content (AvgIpc) is 2.56. The molecule has 7 nitrogen and oxygen atoms in total. The van der Waals surface area contributed by atoms with Gasteiger partial charge in [0.05, 0.1) is 12.8 Å². The number of benzene rings is 2. The zero-order valence-electron chi connectivity index (χ0n) is 14.9. The Hall–Kier alpha value is -2.78. The molecule has 2 rings (SSSR count). The van der Waals surface area contributed by atoms with Crippen LogP contribution in [0.4, 0.5) is 15.8 Å². The molecule has 0 unspecified atom stereocenters. The molecule has 9 heteroatoms. The van der Waals surface area contributed by atoms with Gasteiger partial charge in [-0.05, 0) is 42.0 Å². The van der Waals surface area contributed by atoms with E-state index < -0.39 is 21.7 Å². The Morgan fingerprint density at radius 3 is 1.96 bits per heavy atom. The predicted molar refractivity (Wildman–Crippen MR) is 101 cm³/mol. The largest absolute Gasteiger partial charge is 0.326 e. The van der Waals surface area contributed by atoms with E-state index in [1.807, 2.05) is 0 Å². The van der Waals surface area contributed by atoms with E-state index in [9.17, 15) is 22.4 Å². The molecule has 0 aliphatic carbocycles. The molecule has 2 amide bonds. The fourth-order valence-corrected chi connectivity index (χ4v) is 3.02. The van der Waals surface area contributed by atoms with Gasteiger partial charge in [0.15, 0.2) is 0 Å². The molecule has 0 atom stereocenters. The number of halogens is 1. The van der Waals surface area contributed by atoms with Gasteiger partial charge in [-0.25, -0.2) is 12.8 Å².